The molecule has 1 aliphatic carbocycles. The molecular formula is C16H19BrN2O. The molecule has 0 bridgehead atoms. The fourth-order valence-electron chi connectivity index (χ4n) is 2.21. The Bertz CT molecular complexity index is 590. The van der Waals surface area contributed by atoms with Gasteiger partial charge in [-0.05, 0) is 44.9 Å². The van der Waals surface area contributed by atoms with E-state index in [0.717, 1.165) is 47.1 Å². The molecule has 0 aliphatic heterocycles. The Labute approximate surface area is 127 Å². The summed E-state index contributed by atoms with van der Waals surface area (Å²) in [5.41, 5.74) is 2.29. The third kappa shape index (κ3) is 3.49. The van der Waals surface area contributed by atoms with Crippen LogP contribution in [0.5, 0.6) is 0 Å². The van der Waals surface area contributed by atoms with E-state index in [-0.39, 0.29) is 0 Å². The van der Waals surface area contributed by atoms with Crippen LogP contribution >= 0.6 is 15.9 Å². The molecule has 1 aromatic heterocycles. The molecule has 1 aromatic carbocycles. The van der Waals surface area contributed by atoms with E-state index in [9.17, 15) is 0 Å². The molecule has 1 fully saturated rings. The lowest BCUT2D eigenvalue weighted by atomic mass is 10.1. The highest BCUT2D eigenvalue weighted by atomic mass is 79.9. The van der Waals surface area contributed by atoms with Gasteiger partial charge in [0.1, 0.15) is 0 Å². The van der Waals surface area contributed by atoms with E-state index in [1.807, 2.05) is 12.3 Å². The molecule has 1 aliphatic rings. The van der Waals surface area contributed by atoms with Crippen molar-refractivity contribution in [2.75, 3.05) is 6.54 Å². The lowest BCUT2D eigenvalue weighted by Crippen LogP contribution is -2.17. The average Bonchev–Trinajstić information content (AvgIpc) is 3.15. The molecule has 0 spiro atoms. The topological polar surface area (TPSA) is 38.1 Å². The largest absolute Gasteiger partial charge is 0.441 e. The smallest absolute Gasteiger partial charge is 0.194 e. The number of nitrogens with zero attached hydrogens (tertiary/aromatic N) is 1. The Balaban J connectivity index is 1.61. The Morgan fingerprint density at radius 3 is 3.05 bits per heavy atom. The number of benzene rings is 1. The molecule has 3 nitrogen and oxygen atoms in total. The minimum absolute atomic E-state index is 0.776. The van der Waals surface area contributed by atoms with Crippen LogP contribution in [0.4, 0.5) is 0 Å². The first-order valence-electron chi connectivity index (χ1n) is 7.17. The van der Waals surface area contributed by atoms with E-state index >= 15 is 0 Å². The summed E-state index contributed by atoms with van der Waals surface area (Å²) in [5.74, 6) is 1.66. The molecule has 4 heteroatoms. The summed E-state index contributed by atoms with van der Waals surface area (Å²) in [6, 6.07) is 7.02. The summed E-state index contributed by atoms with van der Waals surface area (Å²) in [5, 5.41) is 3.50. The van der Waals surface area contributed by atoms with E-state index in [4.69, 9.17) is 4.42 Å². The number of rotatable bonds is 6. The summed E-state index contributed by atoms with van der Waals surface area (Å²) in [6.45, 7) is 3.13. The Morgan fingerprint density at radius 1 is 1.40 bits per heavy atom. The molecule has 1 N–H and O–H groups in total. The number of oxazole rings is 1. The average molecular weight is 335 g/mol. The van der Waals surface area contributed by atoms with Crippen molar-refractivity contribution in [2.45, 2.75) is 38.6 Å². The minimum atomic E-state index is 0.776. The van der Waals surface area contributed by atoms with Crippen molar-refractivity contribution < 1.29 is 4.42 Å². The van der Waals surface area contributed by atoms with Crippen molar-refractivity contribution in [3.05, 3.63) is 40.3 Å². The molecule has 106 valence electrons. The Hall–Kier alpha value is -1.13. The molecule has 2 aromatic rings. The highest BCUT2D eigenvalue weighted by Gasteiger charge is 2.19. The number of hydrogen-bond acceptors (Lipinski definition) is 3. The number of aromatic nitrogens is 1. The van der Waals surface area contributed by atoms with Crippen LogP contribution in [0.1, 0.15) is 30.7 Å². The molecule has 0 atom stereocenters. The number of halogens is 1. The number of hydrogen-bond donors (Lipinski definition) is 1. The van der Waals surface area contributed by atoms with Gasteiger partial charge < -0.3 is 9.73 Å². The fraction of sp³-hybridized carbons (Fsp3) is 0.438. The predicted octanol–water partition coefficient (Wildman–Crippen LogP) is 4.10. The van der Waals surface area contributed by atoms with Crippen molar-refractivity contribution in [1.82, 2.24) is 10.3 Å². The Morgan fingerprint density at radius 2 is 2.25 bits per heavy atom. The van der Waals surface area contributed by atoms with Gasteiger partial charge in [-0.15, -0.1) is 0 Å². The lowest BCUT2D eigenvalue weighted by molar-refractivity contribution is 0.491. The molecule has 0 amide bonds. The summed E-state index contributed by atoms with van der Waals surface area (Å²) in [6.07, 6.45) is 6.47. The van der Waals surface area contributed by atoms with Crippen LogP contribution in [0.25, 0.3) is 11.3 Å². The van der Waals surface area contributed by atoms with Gasteiger partial charge >= 0.3 is 0 Å². The van der Waals surface area contributed by atoms with Gasteiger partial charge in [0, 0.05) is 22.5 Å². The molecule has 1 heterocycles. The van der Waals surface area contributed by atoms with E-state index < -0.39 is 0 Å². The fourth-order valence-corrected chi connectivity index (χ4v) is 2.65. The van der Waals surface area contributed by atoms with E-state index in [1.165, 1.54) is 18.4 Å². The zero-order chi connectivity index (χ0) is 13.9. The summed E-state index contributed by atoms with van der Waals surface area (Å²) < 4.78 is 6.90. The van der Waals surface area contributed by atoms with Gasteiger partial charge in [-0.25, -0.2) is 4.98 Å². The Kier molecular flexibility index (Phi) is 4.22. The highest BCUT2D eigenvalue weighted by Crippen LogP contribution is 2.29. The maximum absolute atomic E-state index is 5.86. The van der Waals surface area contributed by atoms with E-state index in [2.05, 4.69) is 45.3 Å². The van der Waals surface area contributed by atoms with Gasteiger partial charge in [-0.2, -0.15) is 0 Å². The zero-order valence-corrected chi connectivity index (χ0v) is 13.2. The van der Waals surface area contributed by atoms with Gasteiger partial charge in [-0.1, -0.05) is 27.6 Å². The second kappa shape index (κ2) is 6.10. The third-order valence-electron chi connectivity index (χ3n) is 3.52. The van der Waals surface area contributed by atoms with Gasteiger partial charge in [0.2, 0.25) is 0 Å². The second-order valence-electron chi connectivity index (χ2n) is 5.43. The zero-order valence-electron chi connectivity index (χ0n) is 11.7. The van der Waals surface area contributed by atoms with Crippen LogP contribution in [0.2, 0.25) is 0 Å². The first-order valence-corrected chi connectivity index (χ1v) is 7.96. The van der Waals surface area contributed by atoms with Crippen LogP contribution < -0.4 is 5.32 Å². The monoisotopic (exact) mass is 334 g/mol. The molecule has 20 heavy (non-hydrogen) atoms. The van der Waals surface area contributed by atoms with Crippen molar-refractivity contribution in [3.8, 4) is 11.3 Å². The molecule has 0 radical (unpaired) electrons. The number of aryl methyl sites for hydroxylation is 2. The first kappa shape index (κ1) is 13.8. The van der Waals surface area contributed by atoms with E-state index in [1.54, 1.807) is 0 Å². The highest BCUT2D eigenvalue weighted by molar-refractivity contribution is 9.10. The maximum atomic E-state index is 5.86. The van der Waals surface area contributed by atoms with Crippen molar-refractivity contribution in [1.29, 1.82) is 0 Å². The predicted molar refractivity (Wildman–Crippen MR) is 83.7 cm³/mol. The lowest BCUT2D eigenvalue weighted by Gasteiger charge is -2.02. The minimum Gasteiger partial charge on any atom is -0.441 e. The third-order valence-corrected chi connectivity index (χ3v) is 4.21. The molecular weight excluding hydrogens is 316 g/mol. The van der Waals surface area contributed by atoms with Crippen molar-refractivity contribution in [2.24, 2.45) is 0 Å². The summed E-state index contributed by atoms with van der Waals surface area (Å²) in [4.78, 5) is 4.38. The SMILES string of the molecule is Cc1ccc(Br)c(-c2cnc(CCCNC3CC3)o2)c1. The molecule has 0 unspecified atom stereocenters. The molecule has 1 saturated carbocycles. The van der Waals surface area contributed by atoms with E-state index in [0.29, 0.717) is 0 Å². The van der Waals surface area contributed by atoms with Crippen LogP contribution in [-0.2, 0) is 6.42 Å². The number of nitrogens with one attached hydrogen (secondary N) is 1. The normalized spacial score (nSPS) is 14.7. The molecule has 0 saturated heterocycles. The van der Waals surface area contributed by atoms with Crippen LogP contribution in [0.15, 0.2) is 33.3 Å². The van der Waals surface area contributed by atoms with Crippen LogP contribution in [0.3, 0.4) is 0 Å². The standard InChI is InChI=1S/C16H19BrN2O/c1-11-4-7-14(17)13(9-11)15-10-19-16(20-15)3-2-8-18-12-5-6-12/h4,7,9-10,12,18H,2-3,5-6,8H2,1H3. The second-order valence-corrected chi connectivity index (χ2v) is 6.29. The summed E-state index contributed by atoms with van der Waals surface area (Å²) >= 11 is 3.57. The maximum Gasteiger partial charge on any atom is 0.194 e. The van der Waals surface area contributed by atoms with Gasteiger partial charge in [0.25, 0.3) is 0 Å². The van der Waals surface area contributed by atoms with Crippen LogP contribution in [0, 0.1) is 6.92 Å². The van der Waals surface area contributed by atoms with Gasteiger partial charge in [-0.3, -0.25) is 0 Å². The van der Waals surface area contributed by atoms with Crippen molar-refractivity contribution >= 4 is 15.9 Å². The molecule has 3 rings (SSSR count). The van der Waals surface area contributed by atoms with Gasteiger partial charge in [0.05, 0.1) is 6.20 Å². The summed E-state index contributed by atoms with van der Waals surface area (Å²) in [7, 11) is 0. The first-order chi connectivity index (χ1) is 9.72. The van der Waals surface area contributed by atoms with Gasteiger partial charge in [0.15, 0.2) is 11.7 Å². The van der Waals surface area contributed by atoms with Crippen molar-refractivity contribution in [3.63, 3.8) is 0 Å². The quantitative estimate of drug-likeness (QED) is 0.808. The van der Waals surface area contributed by atoms with Crippen LogP contribution in [-0.4, -0.2) is 17.6 Å².